The van der Waals surface area contributed by atoms with Gasteiger partial charge < -0.3 is 5.32 Å². The van der Waals surface area contributed by atoms with Gasteiger partial charge in [-0.3, -0.25) is 9.10 Å². The van der Waals surface area contributed by atoms with Gasteiger partial charge in [0, 0.05) is 6.54 Å². The summed E-state index contributed by atoms with van der Waals surface area (Å²) >= 11 is 0. The van der Waals surface area contributed by atoms with Gasteiger partial charge in [0.05, 0.1) is 11.9 Å². The number of rotatable bonds is 6. The maximum absolute atomic E-state index is 12.6. The van der Waals surface area contributed by atoms with E-state index >= 15 is 0 Å². The third-order valence-electron chi connectivity index (χ3n) is 4.38. The van der Waals surface area contributed by atoms with Crippen LogP contribution in [0.5, 0.6) is 0 Å². The van der Waals surface area contributed by atoms with E-state index < -0.39 is 16.1 Å². The molecule has 0 unspecified atom stereocenters. The lowest BCUT2D eigenvalue weighted by molar-refractivity contribution is -0.122. The summed E-state index contributed by atoms with van der Waals surface area (Å²) in [7, 11) is -3.61. The summed E-state index contributed by atoms with van der Waals surface area (Å²) in [4.78, 5) is 12.6. The Balaban J connectivity index is 2.22. The number of nitrogens with zero attached hydrogens (tertiary/aromatic N) is 1. The van der Waals surface area contributed by atoms with Crippen molar-refractivity contribution in [1.29, 1.82) is 0 Å². The van der Waals surface area contributed by atoms with Gasteiger partial charge in [-0.05, 0) is 56.5 Å². The Hall–Kier alpha value is -2.34. The largest absolute Gasteiger partial charge is 0.350 e. The molecule has 5 nitrogen and oxygen atoms in total. The van der Waals surface area contributed by atoms with E-state index in [0.717, 1.165) is 28.5 Å². The lowest BCUT2D eigenvalue weighted by Gasteiger charge is -2.28. The number of benzene rings is 2. The number of hydrogen-bond acceptors (Lipinski definition) is 3. The molecular formula is C20H26N2O3S. The van der Waals surface area contributed by atoms with E-state index in [2.05, 4.69) is 5.32 Å². The van der Waals surface area contributed by atoms with Gasteiger partial charge in [0.2, 0.25) is 15.9 Å². The summed E-state index contributed by atoms with van der Waals surface area (Å²) in [5.41, 5.74) is 4.62. The molecule has 0 heterocycles. The second-order valence-electron chi connectivity index (χ2n) is 6.71. The minimum atomic E-state index is -3.61. The van der Waals surface area contributed by atoms with Crippen molar-refractivity contribution in [3.63, 3.8) is 0 Å². The van der Waals surface area contributed by atoms with E-state index in [4.69, 9.17) is 0 Å². The van der Waals surface area contributed by atoms with Crippen molar-refractivity contribution in [1.82, 2.24) is 5.32 Å². The molecule has 0 saturated carbocycles. The van der Waals surface area contributed by atoms with Gasteiger partial charge in [0.15, 0.2) is 0 Å². The maximum Gasteiger partial charge on any atom is 0.243 e. The van der Waals surface area contributed by atoms with E-state index in [1.165, 1.54) is 4.31 Å². The van der Waals surface area contributed by atoms with Gasteiger partial charge in [0.1, 0.15) is 6.04 Å². The Bertz CT molecular complexity index is 907. The molecule has 0 aromatic heterocycles. The standard InChI is InChI=1S/C20H26N2O3S/c1-14-7-6-8-18(11-14)13-21-20(23)17(4)22(26(5,24)25)19-10-9-15(2)16(3)12-19/h6-12,17H,13H2,1-5H3,(H,21,23)/t17-/m0/s1. The first-order valence-corrected chi connectivity index (χ1v) is 10.3. The molecule has 1 atom stereocenters. The second-order valence-corrected chi connectivity index (χ2v) is 8.57. The number of amides is 1. The van der Waals surface area contributed by atoms with Crippen LogP contribution in [0.2, 0.25) is 0 Å². The molecule has 0 saturated heterocycles. The highest BCUT2D eigenvalue weighted by Crippen LogP contribution is 2.23. The highest BCUT2D eigenvalue weighted by molar-refractivity contribution is 7.92. The summed E-state index contributed by atoms with van der Waals surface area (Å²) in [6, 6.07) is 12.4. The van der Waals surface area contributed by atoms with E-state index in [9.17, 15) is 13.2 Å². The highest BCUT2D eigenvalue weighted by atomic mass is 32.2. The predicted octanol–water partition coefficient (Wildman–Crippen LogP) is 3.08. The quantitative estimate of drug-likeness (QED) is 0.845. The van der Waals surface area contributed by atoms with Gasteiger partial charge in [-0.2, -0.15) is 0 Å². The molecule has 2 rings (SSSR count). The first-order valence-electron chi connectivity index (χ1n) is 8.49. The van der Waals surface area contributed by atoms with E-state index in [1.807, 2.05) is 51.1 Å². The van der Waals surface area contributed by atoms with Crippen LogP contribution in [0.3, 0.4) is 0 Å². The third kappa shape index (κ3) is 4.85. The molecule has 0 aliphatic carbocycles. The van der Waals surface area contributed by atoms with Gasteiger partial charge in [-0.1, -0.05) is 35.9 Å². The number of sulfonamides is 1. The first kappa shape index (κ1) is 20.0. The Morgan fingerprint density at radius 3 is 2.35 bits per heavy atom. The molecule has 1 N–H and O–H groups in total. The summed E-state index contributed by atoms with van der Waals surface area (Å²) in [6.45, 7) is 7.82. The molecule has 1 amide bonds. The van der Waals surface area contributed by atoms with Crippen molar-refractivity contribution in [2.45, 2.75) is 40.3 Å². The van der Waals surface area contributed by atoms with E-state index in [0.29, 0.717) is 12.2 Å². The Morgan fingerprint density at radius 2 is 1.77 bits per heavy atom. The zero-order valence-electron chi connectivity index (χ0n) is 15.9. The number of carbonyl (C=O) groups is 1. The molecular weight excluding hydrogens is 348 g/mol. The Labute approximate surface area is 156 Å². The number of anilines is 1. The molecule has 140 valence electrons. The van der Waals surface area contributed by atoms with Crippen molar-refractivity contribution < 1.29 is 13.2 Å². The van der Waals surface area contributed by atoms with Gasteiger partial charge >= 0.3 is 0 Å². The molecule has 0 fully saturated rings. The smallest absolute Gasteiger partial charge is 0.243 e. The predicted molar refractivity (Wildman–Crippen MR) is 106 cm³/mol. The molecule has 2 aromatic carbocycles. The normalized spacial score (nSPS) is 12.5. The minimum Gasteiger partial charge on any atom is -0.350 e. The van der Waals surface area contributed by atoms with Crippen LogP contribution in [0.4, 0.5) is 5.69 Å². The summed E-state index contributed by atoms with van der Waals surface area (Å²) < 4.78 is 25.8. The summed E-state index contributed by atoms with van der Waals surface area (Å²) in [5.74, 6) is -0.338. The van der Waals surface area contributed by atoms with Crippen LogP contribution in [-0.4, -0.2) is 26.6 Å². The number of aryl methyl sites for hydroxylation is 3. The molecule has 0 aliphatic rings. The average molecular weight is 375 g/mol. The van der Waals surface area contributed by atoms with Crippen LogP contribution in [0.1, 0.15) is 29.2 Å². The van der Waals surface area contributed by atoms with Crippen molar-refractivity contribution in [2.24, 2.45) is 0 Å². The summed E-state index contributed by atoms with van der Waals surface area (Å²) in [5, 5.41) is 2.83. The van der Waals surface area contributed by atoms with Crippen LogP contribution >= 0.6 is 0 Å². The molecule has 2 aromatic rings. The van der Waals surface area contributed by atoms with Gasteiger partial charge in [0.25, 0.3) is 0 Å². The lowest BCUT2D eigenvalue weighted by Crippen LogP contribution is -2.47. The third-order valence-corrected chi connectivity index (χ3v) is 5.62. The zero-order valence-corrected chi connectivity index (χ0v) is 16.7. The second kappa shape index (κ2) is 7.91. The monoisotopic (exact) mass is 374 g/mol. The van der Waals surface area contributed by atoms with Crippen LogP contribution in [0, 0.1) is 20.8 Å². The molecule has 0 bridgehead atoms. The van der Waals surface area contributed by atoms with E-state index in [1.54, 1.807) is 19.1 Å². The number of hydrogen-bond donors (Lipinski definition) is 1. The zero-order chi connectivity index (χ0) is 19.5. The van der Waals surface area contributed by atoms with Crippen molar-refractivity contribution in [3.05, 3.63) is 64.7 Å². The van der Waals surface area contributed by atoms with Gasteiger partial charge in [-0.25, -0.2) is 8.42 Å². The van der Waals surface area contributed by atoms with Crippen LogP contribution in [-0.2, 0) is 21.4 Å². The van der Waals surface area contributed by atoms with Crippen LogP contribution in [0.25, 0.3) is 0 Å². The molecule has 0 spiro atoms. The van der Waals surface area contributed by atoms with Crippen LogP contribution < -0.4 is 9.62 Å². The fourth-order valence-electron chi connectivity index (χ4n) is 2.83. The first-order chi connectivity index (χ1) is 12.1. The minimum absolute atomic E-state index is 0.338. The van der Waals surface area contributed by atoms with Crippen molar-refractivity contribution in [2.75, 3.05) is 10.6 Å². The Morgan fingerprint density at radius 1 is 1.08 bits per heavy atom. The topological polar surface area (TPSA) is 66.5 Å². The average Bonchev–Trinajstić information content (AvgIpc) is 2.55. The molecule has 26 heavy (non-hydrogen) atoms. The SMILES string of the molecule is Cc1cccc(CNC(=O)[C@H](C)N(c2ccc(C)c(C)c2)S(C)(=O)=O)c1. The lowest BCUT2D eigenvalue weighted by atomic mass is 10.1. The fourth-order valence-corrected chi connectivity index (χ4v) is 4.00. The summed E-state index contributed by atoms with van der Waals surface area (Å²) in [6.07, 6.45) is 1.12. The number of carbonyl (C=O) groups excluding carboxylic acids is 1. The molecule has 6 heteroatoms. The maximum atomic E-state index is 12.6. The number of nitrogens with one attached hydrogen (secondary N) is 1. The van der Waals surface area contributed by atoms with E-state index in [-0.39, 0.29) is 5.91 Å². The van der Waals surface area contributed by atoms with Crippen LogP contribution in [0.15, 0.2) is 42.5 Å². The van der Waals surface area contributed by atoms with Gasteiger partial charge in [-0.15, -0.1) is 0 Å². The van der Waals surface area contributed by atoms with Crippen molar-refractivity contribution in [3.8, 4) is 0 Å². The molecule has 0 radical (unpaired) electrons. The van der Waals surface area contributed by atoms with Crippen molar-refractivity contribution >= 4 is 21.6 Å². The fraction of sp³-hybridized carbons (Fsp3) is 0.350. The Kier molecular flexibility index (Phi) is 6.08. The molecule has 0 aliphatic heterocycles. The highest BCUT2D eigenvalue weighted by Gasteiger charge is 2.29.